The molecule has 0 saturated heterocycles. The molecule has 0 aliphatic carbocycles. The summed E-state index contributed by atoms with van der Waals surface area (Å²) in [4.78, 5) is 4.43. The van der Waals surface area contributed by atoms with E-state index in [-0.39, 0.29) is 11.0 Å². The maximum atomic E-state index is 11.9. The number of aliphatic hydroxyl groups excluding tert-OH is 1. The van der Waals surface area contributed by atoms with Crippen LogP contribution < -0.4 is 0 Å². The number of aliphatic hydroxyl groups is 1. The van der Waals surface area contributed by atoms with Crippen molar-refractivity contribution in [3.05, 3.63) is 30.1 Å². The van der Waals surface area contributed by atoms with Crippen LogP contribution in [0.4, 0.5) is 0 Å². The van der Waals surface area contributed by atoms with Gasteiger partial charge in [-0.3, -0.25) is 0 Å². The molecule has 0 saturated carbocycles. The summed E-state index contributed by atoms with van der Waals surface area (Å²) in [7, 11) is -3.03. The van der Waals surface area contributed by atoms with Gasteiger partial charge in [-0.05, 0) is 39.3 Å². The topological polar surface area (TPSA) is 72.2 Å². The molecule has 2 aromatic rings. The third-order valence-electron chi connectivity index (χ3n) is 3.59. The number of hydrogen-bond acceptors (Lipinski definition) is 4. The fraction of sp³-hybridized carbons (Fsp3) is 0.533. The first kappa shape index (κ1) is 16.0. The molecule has 1 N–H and O–H groups in total. The predicted molar refractivity (Wildman–Crippen MR) is 83.9 cm³/mol. The zero-order chi connectivity index (χ0) is 15.6. The molecule has 0 aliphatic heterocycles. The van der Waals surface area contributed by atoms with Crippen molar-refractivity contribution < 1.29 is 13.5 Å². The maximum absolute atomic E-state index is 11.9. The standard InChI is InChI=1S/C15H22N2O3S/c1-11(2)21(19,20)10-6-9-17-14-8-5-4-7-13(14)16-15(17)12(3)18/h4-5,7-8,11-12,18H,6,9-10H2,1-3H3/t12-/m0/s1. The van der Waals surface area contributed by atoms with E-state index in [0.717, 1.165) is 11.0 Å². The first-order valence-corrected chi connectivity index (χ1v) is 8.89. The molecule has 0 radical (unpaired) electrons. The minimum Gasteiger partial charge on any atom is -0.385 e. The summed E-state index contributed by atoms with van der Waals surface area (Å²) in [5, 5.41) is 9.50. The highest BCUT2D eigenvalue weighted by Crippen LogP contribution is 2.21. The zero-order valence-corrected chi connectivity index (χ0v) is 13.5. The Bertz CT molecular complexity index is 718. The molecule has 1 atom stereocenters. The van der Waals surface area contributed by atoms with Crippen LogP contribution in [0.1, 0.15) is 39.1 Å². The number of rotatable bonds is 6. The molecule has 2 rings (SSSR count). The summed E-state index contributed by atoms with van der Waals surface area (Å²) >= 11 is 0. The lowest BCUT2D eigenvalue weighted by molar-refractivity contribution is 0.184. The van der Waals surface area contributed by atoms with E-state index in [1.165, 1.54) is 0 Å². The Morgan fingerprint density at radius 2 is 1.90 bits per heavy atom. The monoisotopic (exact) mass is 310 g/mol. The van der Waals surface area contributed by atoms with Gasteiger partial charge in [0.1, 0.15) is 11.9 Å². The van der Waals surface area contributed by atoms with Gasteiger partial charge in [0.05, 0.1) is 22.0 Å². The molecular weight excluding hydrogens is 288 g/mol. The van der Waals surface area contributed by atoms with Crippen LogP contribution in [0.15, 0.2) is 24.3 Å². The van der Waals surface area contributed by atoms with Crippen molar-refractivity contribution in [1.29, 1.82) is 0 Å². The van der Waals surface area contributed by atoms with Gasteiger partial charge in [0.2, 0.25) is 0 Å². The number of imidazole rings is 1. The van der Waals surface area contributed by atoms with Crippen LogP contribution in [0.3, 0.4) is 0 Å². The summed E-state index contributed by atoms with van der Waals surface area (Å²) in [5.41, 5.74) is 1.75. The second-order valence-corrected chi connectivity index (χ2v) is 8.23. The van der Waals surface area contributed by atoms with E-state index in [2.05, 4.69) is 4.98 Å². The summed E-state index contributed by atoms with van der Waals surface area (Å²) in [6.45, 7) is 5.60. The summed E-state index contributed by atoms with van der Waals surface area (Å²) in [6, 6.07) is 7.64. The van der Waals surface area contributed by atoms with Crippen molar-refractivity contribution >= 4 is 20.9 Å². The molecule has 5 nitrogen and oxygen atoms in total. The first-order chi connectivity index (χ1) is 9.83. The molecule has 0 amide bonds. The Kier molecular flexibility index (Phi) is 4.68. The van der Waals surface area contributed by atoms with Crippen LogP contribution in [0.25, 0.3) is 11.0 Å². The zero-order valence-electron chi connectivity index (χ0n) is 12.7. The molecule has 0 spiro atoms. The van der Waals surface area contributed by atoms with Crippen molar-refractivity contribution in [2.45, 2.75) is 45.1 Å². The van der Waals surface area contributed by atoms with E-state index in [9.17, 15) is 13.5 Å². The molecule has 0 aliphatic rings. The second kappa shape index (κ2) is 6.15. The molecule has 6 heteroatoms. The average molecular weight is 310 g/mol. The van der Waals surface area contributed by atoms with Crippen molar-refractivity contribution in [1.82, 2.24) is 9.55 Å². The normalized spacial score (nSPS) is 14.0. The molecular formula is C15H22N2O3S. The summed E-state index contributed by atoms with van der Waals surface area (Å²) in [6.07, 6.45) is -0.167. The predicted octanol–water partition coefficient (Wildman–Crippen LogP) is 2.30. The third-order valence-corrected chi connectivity index (χ3v) is 5.88. The van der Waals surface area contributed by atoms with Crippen molar-refractivity contribution in [2.24, 2.45) is 0 Å². The molecule has 1 aromatic carbocycles. The van der Waals surface area contributed by atoms with Gasteiger partial charge in [0.25, 0.3) is 0 Å². The Morgan fingerprint density at radius 3 is 2.52 bits per heavy atom. The lowest BCUT2D eigenvalue weighted by atomic mass is 10.3. The Balaban J connectivity index is 2.23. The highest BCUT2D eigenvalue weighted by atomic mass is 32.2. The van der Waals surface area contributed by atoms with Gasteiger partial charge < -0.3 is 9.67 Å². The first-order valence-electron chi connectivity index (χ1n) is 7.17. The number of para-hydroxylation sites is 2. The van der Waals surface area contributed by atoms with Crippen LogP contribution in [0.2, 0.25) is 0 Å². The van der Waals surface area contributed by atoms with Gasteiger partial charge in [-0.15, -0.1) is 0 Å². The summed E-state index contributed by atoms with van der Waals surface area (Å²) < 4.78 is 25.6. The minimum absolute atomic E-state index is 0.149. The Hall–Kier alpha value is -1.40. The number of aryl methyl sites for hydroxylation is 1. The van der Waals surface area contributed by atoms with E-state index in [1.54, 1.807) is 20.8 Å². The van der Waals surface area contributed by atoms with Crippen molar-refractivity contribution in [3.8, 4) is 0 Å². The van der Waals surface area contributed by atoms with Crippen LogP contribution in [-0.2, 0) is 16.4 Å². The fourth-order valence-electron chi connectivity index (χ4n) is 2.31. The number of fused-ring (bicyclic) bond motifs is 1. The van der Waals surface area contributed by atoms with Gasteiger partial charge in [0, 0.05) is 6.54 Å². The highest BCUT2D eigenvalue weighted by molar-refractivity contribution is 7.91. The molecule has 1 aromatic heterocycles. The van der Waals surface area contributed by atoms with Gasteiger partial charge in [-0.2, -0.15) is 0 Å². The maximum Gasteiger partial charge on any atom is 0.152 e. The summed E-state index contributed by atoms with van der Waals surface area (Å²) in [5.74, 6) is 0.731. The lowest BCUT2D eigenvalue weighted by Crippen LogP contribution is -2.19. The lowest BCUT2D eigenvalue weighted by Gasteiger charge is -2.12. The molecule has 1 heterocycles. The third kappa shape index (κ3) is 3.44. The minimum atomic E-state index is -3.03. The van der Waals surface area contributed by atoms with Gasteiger partial charge >= 0.3 is 0 Å². The van der Waals surface area contributed by atoms with E-state index in [1.807, 2.05) is 28.8 Å². The van der Waals surface area contributed by atoms with E-state index in [4.69, 9.17) is 0 Å². The van der Waals surface area contributed by atoms with Crippen molar-refractivity contribution in [2.75, 3.05) is 5.75 Å². The Labute approximate surface area is 125 Å². The average Bonchev–Trinajstić information content (AvgIpc) is 2.78. The molecule has 0 fully saturated rings. The second-order valence-electron chi connectivity index (χ2n) is 5.56. The fourth-order valence-corrected chi connectivity index (χ4v) is 3.31. The molecule has 21 heavy (non-hydrogen) atoms. The van der Waals surface area contributed by atoms with Gasteiger partial charge in [-0.25, -0.2) is 13.4 Å². The van der Waals surface area contributed by atoms with Crippen molar-refractivity contribution in [3.63, 3.8) is 0 Å². The van der Waals surface area contributed by atoms with E-state index < -0.39 is 15.9 Å². The highest BCUT2D eigenvalue weighted by Gasteiger charge is 2.18. The van der Waals surface area contributed by atoms with Crippen LogP contribution in [0.5, 0.6) is 0 Å². The largest absolute Gasteiger partial charge is 0.385 e. The van der Waals surface area contributed by atoms with Crippen LogP contribution in [0, 0.1) is 0 Å². The molecule has 0 bridgehead atoms. The number of aromatic nitrogens is 2. The number of hydrogen-bond donors (Lipinski definition) is 1. The molecule has 0 unspecified atom stereocenters. The number of sulfone groups is 1. The Morgan fingerprint density at radius 1 is 1.24 bits per heavy atom. The van der Waals surface area contributed by atoms with E-state index in [0.29, 0.717) is 18.8 Å². The smallest absolute Gasteiger partial charge is 0.152 e. The SMILES string of the molecule is CC(C)S(=O)(=O)CCCn1c([C@H](C)O)nc2ccccc21. The quantitative estimate of drug-likeness (QED) is 0.888. The van der Waals surface area contributed by atoms with Crippen LogP contribution >= 0.6 is 0 Å². The molecule has 116 valence electrons. The van der Waals surface area contributed by atoms with Crippen LogP contribution in [-0.4, -0.2) is 34.1 Å². The van der Waals surface area contributed by atoms with Gasteiger partial charge in [-0.1, -0.05) is 12.1 Å². The van der Waals surface area contributed by atoms with Gasteiger partial charge in [0.15, 0.2) is 9.84 Å². The number of nitrogens with zero attached hydrogens (tertiary/aromatic N) is 2. The number of benzene rings is 1. The van der Waals surface area contributed by atoms with E-state index >= 15 is 0 Å².